The molecule has 0 unspecified atom stereocenters. The second kappa shape index (κ2) is 10.1. The SMILES string of the molecule is COc1ccc(C)cc1N1C[C@H](C(=O)NCCN2C(=O)S/C(=C/c3ccccc3)C2=O)CC1=O. The molecule has 2 aromatic rings. The topological polar surface area (TPSA) is 96.0 Å². The van der Waals surface area contributed by atoms with Crippen LogP contribution in [0.25, 0.3) is 6.08 Å². The fraction of sp³-hybridized carbons (Fsp3) is 0.280. The standard InChI is InChI=1S/C25H25N3O5S/c1-16-8-9-20(33-2)19(12-16)28-15-18(14-22(28)29)23(30)26-10-11-27-24(31)21(34-25(27)32)13-17-6-4-3-5-7-17/h3-9,12-13,18H,10-11,14-15H2,1-2H3,(H,26,30)/b21-13+/t18-/m1/s1. The van der Waals surface area contributed by atoms with E-state index in [4.69, 9.17) is 4.74 Å². The van der Waals surface area contributed by atoms with Crippen LogP contribution in [0.2, 0.25) is 0 Å². The maximum Gasteiger partial charge on any atom is 0.293 e. The molecule has 2 aliphatic rings. The molecule has 0 bridgehead atoms. The van der Waals surface area contributed by atoms with Crippen LogP contribution >= 0.6 is 11.8 Å². The molecular formula is C25H25N3O5S. The molecule has 1 N–H and O–H groups in total. The third-order valence-corrected chi connectivity index (χ3v) is 6.63. The number of amides is 4. The first-order chi connectivity index (χ1) is 16.4. The van der Waals surface area contributed by atoms with E-state index in [2.05, 4.69) is 5.32 Å². The zero-order valence-corrected chi connectivity index (χ0v) is 19.8. The molecule has 1 atom stereocenters. The van der Waals surface area contributed by atoms with Crippen molar-refractivity contribution in [1.29, 1.82) is 0 Å². The van der Waals surface area contributed by atoms with Crippen molar-refractivity contribution >= 4 is 46.5 Å². The molecule has 2 heterocycles. The quantitative estimate of drug-likeness (QED) is 0.613. The average molecular weight is 480 g/mol. The van der Waals surface area contributed by atoms with Crippen LogP contribution in [0.15, 0.2) is 53.4 Å². The summed E-state index contributed by atoms with van der Waals surface area (Å²) in [6.07, 6.45) is 1.77. The molecule has 0 radical (unpaired) electrons. The number of thioether (sulfide) groups is 1. The highest BCUT2D eigenvalue weighted by Crippen LogP contribution is 2.34. The van der Waals surface area contributed by atoms with Gasteiger partial charge in [0, 0.05) is 26.1 Å². The summed E-state index contributed by atoms with van der Waals surface area (Å²) in [5.74, 6) is -0.759. The van der Waals surface area contributed by atoms with Crippen LogP contribution in [0.5, 0.6) is 5.75 Å². The molecule has 8 nitrogen and oxygen atoms in total. The van der Waals surface area contributed by atoms with Gasteiger partial charge in [0.1, 0.15) is 5.75 Å². The lowest BCUT2D eigenvalue weighted by molar-refractivity contribution is -0.127. The summed E-state index contributed by atoms with van der Waals surface area (Å²) in [6.45, 7) is 2.35. The maximum atomic E-state index is 12.7. The number of ether oxygens (including phenoxy) is 1. The van der Waals surface area contributed by atoms with Gasteiger partial charge in [0.15, 0.2) is 0 Å². The number of carbonyl (C=O) groups is 4. The van der Waals surface area contributed by atoms with Crippen molar-refractivity contribution < 1.29 is 23.9 Å². The van der Waals surface area contributed by atoms with E-state index in [9.17, 15) is 19.2 Å². The highest BCUT2D eigenvalue weighted by molar-refractivity contribution is 8.18. The van der Waals surface area contributed by atoms with E-state index in [1.54, 1.807) is 24.2 Å². The first kappa shape index (κ1) is 23.6. The first-order valence-electron chi connectivity index (χ1n) is 10.9. The highest BCUT2D eigenvalue weighted by atomic mass is 32.2. The second-order valence-electron chi connectivity index (χ2n) is 8.12. The van der Waals surface area contributed by atoms with Crippen LogP contribution in [0, 0.1) is 12.8 Å². The number of methoxy groups -OCH3 is 1. The number of rotatable bonds is 7. The number of anilines is 1. The second-order valence-corrected chi connectivity index (χ2v) is 9.11. The predicted molar refractivity (Wildman–Crippen MR) is 130 cm³/mol. The lowest BCUT2D eigenvalue weighted by Crippen LogP contribution is -2.40. The number of benzene rings is 2. The van der Waals surface area contributed by atoms with Gasteiger partial charge in [0.2, 0.25) is 11.8 Å². The van der Waals surface area contributed by atoms with Gasteiger partial charge in [-0.3, -0.25) is 24.1 Å². The first-order valence-corrected chi connectivity index (χ1v) is 11.7. The molecule has 2 aliphatic heterocycles. The van der Waals surface area contributed by atoms with Crippen LogP contribution < -0.4 is 15.0 Å². The van der Waals surface area contributed by atoms with E-state index in [1.807, 2.05) is 49.4 Å². The van der Waals surface area contributed by atoms with Gasteiger partial charge in [0.05, 0.1) is 23.6 Å². The maximum absolute atomic E-state index is 12.7. The molecule has 4 amide bonds. The van der Waals surface area contributed by atoms with Gasteiger partial charge >= 0.3 is 0 Å². The van der Waals surface area contributed by atoms with Crippen LogP contribution in [0.1, 0.15) is 17.5 Å². The largest absolute Gasteiger partial charge is 0.495 e. The Morgan fingerprint density at radius 1 is 1.18 bits per heavy atom. The number of hydrogen-bond acceptors (Lipinski definition) is 6. The molecule has 0 aliphatic carbocycles. The summed E-state index contributed by atoms with van der Waals surface area (Å²) in [5, 5.41) is 2.40. The van der Waals surface area contributed by atoms with Crippen molar-refractivity contribution in [1.82, 2.24) is 10.2 Å². The normalized spacial score (nSPS) is 19.3. The number of nitrogens with zero attached hydrogens (tertiary/aromatic N) is 2. The van der Waals surface area contributed by atoms with Gasteiger partial charge in [-0.2, -0.15) is 0 Å². The van der Waals surface area contributed by atoms with Gasteiger partial charge in [-0.05, 0) is 48.0 Å². The van der Waals surface area contributed by atoms with Crippen LogP contribution in [-0.2, 0) is 14.4 Å². The van der Waals surface area contributed by atoms with Crippen molar-refractivity contribution in [2.24, 2.45) is 5.92 Å². The van der Waals surface area contributed by atoms with Gasteiger partial charge in [-0.25, -0.2) is 0 Å². The average Bonchev–Trinajstić information content (AvgIpc) is 3.34. The molecule has 0 aromatic heterocycles. The highest BCUT2D eigenvalue weighted by Gasteiger charge is 2.37. The molecule has 0 saturated carbocycles. The Morgan fingerprint density at radius 3 is 2.68 bits per heavy atom. The van der Waals surface area contributed by atoms with Gasteiger partial charge in [-0.15, -0.1) is 0 Å². The smallest absolute Gasteiger partial charge is 0.293 e. The molecule has 34 heavy (non-hydrogen) atoms. The number of nitrogens with one attached hydrogen (secondary N) is 1. The fourth-order valence-corrected chi connectivity index (χ4v) is 4.82. The molecular weight excluding hydrogens is 454 g/mol. The molecule has 4 rings (SSSR count). The third kappa shape index (κ3) is 4.99. The predicted octanol–water partition coefficient (Wildman–Crippen LogP) is 3.21. The Labute approximate surface area is 201 Å². The minimum absolute atomic E-state index is 0.0681. The Hall–Kier alpha value is -3.59. The molecule has 176 valence electrons. The summed E-state index contributed by atoms with van der Waals surface area (Å²) in [6, 6.07) is 14.9. The lowest BCUT2D eigenvalue weighted by Gasteiger charge is -2.20. The third-order valence-electron chi connectivity index (χ3n) is 5.73. The van der Waals surface area contributed by atoms with Gasteiger partial charge in [0.25, 0.3) is 11.1 Å². The molecule has 2 fully saturated rings. The molecule has 0 spiro atoms. The summed E-state index contributed by atoms with van der Waals surface area (Å²) in [7, 11) is 1.54. The van der Waals surface area contributed by atoms with Crippen molar-refractivity contribution in [3.63, 3.8) is 0 Å². The molecule has 2 aromatic carbocycles. The van der Waals surface area contributed by atoms with E-state index in [0.717, 1.165) is 27.8 Å². The van der Waals surface area contributed by atoms with Gasteiger partial charge in [-0.1, -0.05) is 36.4 Å². The minimum atomic E-state index is -0.523. The monoisotopic (exact) mass is 479 g/mol. The summed E-state index contributed by atoms with van der Waals surface area (Å²) in [5.41, 5.74) is 2.46. The van der Waals surface area contributed by atoms with Crippen molar-refractivity contribution in [3.8, 4) is 5.75 Å². The lowest BCUT2D eigenvalue weighted by atomic mass is 10.1. The van der Waals surface area contributed by atoms with E-state index < -0.39 is 5.92 Å². The zero-order valence-electron chi connectivity index (χ0n) is 18.9. The molecule has 9 heteroatoms. The number of hydrogen-bond donors (Lipinski definition) is 1. The van der Waals surface area contributed by atoms with Crippen molar-refractivity contribution in [2.45, 2.75) is 13.3 Å². The van der Waals surface area contributed by atoms with Crippen LogP contribution in [-0.4, -0.2) is 54.6 Å². The Morgan fingerprint density at radius 2 is 1.94 bits per heavy atom. The Bertz CT molecular complexity index is 1160. The summed E-state index contributed by atoms with van der Waals surface area (Å²) in [4.78, 5) is 53.3. The zero-order chi connectivity index (χ0) is 24.2. The van der Waals surface area contributed by atoms with E-state index in [1.165, 1.54) is 0 Å². The summed E-state index contributed by atoms with van der Waals surface area (Å²) < 4.78 is 5.37. The Kier molecular flexibility index (Phi) is 7.02. The minimum Gasteiger partial charge on any atom is -0.495 e. The number of imide groups is 1. The van der Waals surface area contributed by atoms with E-state index in [0.29, 0.717) is 16.3 Å². The molecule has 2 saturated heterocycles. The van der Waals surface area contributed by atoms with E-state index >= 15 is 0 Å². The van der Waals surface area contributed by atoms with E-state index in [-0.39, 0.29) is 49.0 Å². The van der Waals surface area contributed by atoms with Crippen LogP contribution in [0.4, 0.5) is 10.5 Å². The van der Waals surface area contributed by atoms with Crippen molar-refractivity contribution in [3.05, 3.63) is 64.6 Å². The summed E-state index contributed by atoms with van der Waals surface area (Å²) >= 11 is 0.886. The van der Waals surface area contributed by atoms with Gasteiger partial charge < -0.3 is 15.0 Å². The number of aryl methyl sites for hydroxylation is 1. The Balaban J connectivity index is 1.33. The number of carbonyl (C=O) groups excluding carboxylic acids is 4. The fourth-order valence-electron chi connectivity index (χ4n) is 3.96. The van der Waals surface area contributed by atoms with Crippen LogP contribution in [0.3, 0.4) is 0 Å². The van der Waals surface area contributed by atoms with Crippen molar-refractivity contribution in [2.75, 3.05) is 31.6 Å².